The highest BCUT2D eigenvalue weighted by molar-refractivity contribution is 5.74. The van der Waals surface area contributed by atoms with Crippen LogP contribution in [0.1, 0.15) is 94.7 Å². The highest BCUT2D eigenvalue weighted by Gasteiger charge is 2.27. The van der Waals surface area contributed by atoms with Gasteiger partial charge in [0, 0.05) is 18.2 Å². The second-order valence-corrected chi connectivity index (χ2v) is 9.40. The Labute approximate surface area is 209 Å². The average Bonchev–Trinajstić information content (AvgIpc) is 3.69. The zero-order valence-corrected chi connectivity index (χ0v) is 21.5. The van der Waals surface area contributed by atoms with Crippen molar-refractivity contribution < 1.29 is 19.4 Å². The van der Waals surface area contributed by atoms with Gasteiger partial charge in [0.1, 0.15) is 17.3 Å². The van der Waals surface area contributed by atoms with Crippen LogP contribution in [0.2, 0.25) is 0 Å². The minimum atomic E-state index is 0.308. The molecular formula is C28H41N3O4. The van der Waals surface area contributed by atoms with Crippen molar-refractivity contribution in [3.63, 3.8) is 0 Å². The summed E-state index contributed by atoms with van der Waals surface area (Å²) in [5.74, 6) is 1.74. The van der Waals surface area contributed by atoms with Gasteiger partial charge >= 0.3 is 0 Å². The molecule has 2 N–H and O–H groups in total. The Morgan fingerprint density at radius 3 is 2.66 bits per heavy atom. The molecule has 192 valence electrons. The third kappa shape index (κ3) is 7.92. The van der Waals surface area contributed by atoms with Gasteiger partial charge in [0.25, 0.3) is 6.47 Å². The van der Waals surface area contributed by atoms with Gasteiger partial charge in [-0.15, -0.1) is 10.2 Å². The molecule has 7 heteroatoms. The van der Waals surface area contributed by atoms with E-state index in [9.17, 15) is 9.90 Å². The van der Waals surface area contributed by atoms with Crippen molar-refractivity contribution in [2.24, 2.45) is 0 Å². The highest BCUT2D eigenvalue weighted by Crippen LogP contribution is 2.45. The zero-order chi connectivity index (χ0) is 25.0. The van der Waals surface area contributed by atoms with Crippen molar-refractivity contribution >= 4 is 12.3 Å². The topological polar surface area (TPSA) is 93.6 Å². The molecule has 1 saturated carbocycles. The number of hydrogen-bond donors (Lipinski definition) is 2. The molecule has 1 aliphatic heterocycles. The lowest BCUT2D eigenvalue weighted by atomic mass is 9.95. The smallest absolute Gasteiger partial charge is 0.293 e. The summed E-state index contributed by atoms with van der Waals surface area (Å²) in [6.45, 7) is 8.35. The van der Waals surface area contributed by atoms with E-state index in [1.807, 2.05) is 6.07 Å². The van der Waals surface area contributed by atoms with Crippen LogP contribution in [0.5, 0.6) is 5.75 Å². The number of unbranched alkanes of at least 4 members (excludes halogenated alkanes) is 2. The quantitative estimate of drug-likeness (QED) is 0.310. The first-order valence-corrected chi connectivity index (χ1v) is 13.2. The maximum absolute atomic E-state index is 10.9. The number of carbonyl (C=O) groups is 1. The Morgan fingerprint density at radius 2 is 2.00 bits per heavy atom. The Balaban J connectivity index is 0.000000623. The van der Waals surface area contributed by atoms with Crippen LogP contribution in [0.15, 0.2) is 18.2 Å². The number of rotatable bonds is 10. The van der Waals surface area contributed by atoms with Gasteiger partial charge < -0.3 is 19.9 Å². The van der Waals surface area contributed by atoms with Crippen molar-refractivity contribution in [2.75, 3.05) is 18.5 Å². The van der Waals surface area contributed by atoms with Gasteiger partial charge in [-0.2, -0.15) is 0 Å². The van der Waals surface area contributed by atoms with Gasteiger partial charge in [0.15, 0.2) is 0 Å². The molecule has 1 aromatic carbocycles. The molecule has 0 saturated heterocycles. The summed E-state index contributed by atoms with van der Waals surface area (Å²) in [5.41, 5.74) is 4.99. The number of anilines is 1. The van der Waals surface area contributed by atoms with E-state index in [-0.39, 0.29) is 0 Å². The van der Waals surface area contributed by atoms with Crippen molar-refractivity contribution in [1.82, 2.24) is 10.2 Å². The van der Waals surface area contributed by atoms with Crippen molar-refractivity contribution in [3.8, 4) is 17.0 Å². The van der Waals surface area contributed by atoms with Crippen LogP contribution in [-0.2, 0) is 27.3 Å². The number of aromatic nitrogens is 2. The summed E-state index contributed by atoms with van der Waals surface area (Å²) < 4.78 is 10.1. The fraction of sp³-hybridized carbons (Fsp3) is 0.607. The van der Waals surface area contributed by atoms with Gasteiger partial charge in [-0.25, -0.2) is 0 Å². The lowest BCUT2D eigenvalue weighted by Gasteiger charge is -2.19. The van der Waals surface area contributed by atoms with E-state index in [1.165, 1.54) is 37.7 Å². The predicted molar refractivity (Wildman–Crippen MR) is 139 cm³/mol. The molecule has 35 heavy (non-hydrogen) atoms. The molecule has 7 nitrogen and oxygen atoms in total. The number of phenols is 1. The lowest BCUT2D eigenvalue weighted by Crippen LogP contribution is -2.19. The predicted octanol–water partition coefficient (Wildman–Crippen LogP) is 6.14. The summed E-state index contributed by atoms with van der Waals surface area (Å²) >= 11 is 0. The van der Waals surface area contributed by atoms with E-state index in [4.69, 9.17) is 4.74 Å². The average molecular weight is 484 g/mol. The molecule has 0 bridgehead atoms. The first-order chi connectivity index (χ1) is 17.1. The molecule has 0 spiro atoms. The minimum Gasteiger partial charge on any atom is -0.507 e. The number of ether oxygens (including phenoxy) is 2. The third-order valence-electron chi connectivity index (χ3n) is 6.61. The molecule has 2 aliphatic rings. The number of hydrogen-bond acceptors (Lipinski definition) is 7. The molecule has 0 radical (unpaired) electrons. The second kappa shape index (κ2) is 14.0. The standard InChI is InChI=1S/C25H35N3O2.C3H6O2/c1-3-5-6-9-21(4-2)26-23-15-18-8-7-12-30-16-20-13-19(17-10-11-17)14-22(29)24(20)25(18)28-27-23;1-2-5-3-4/h13-15,17,21,29H,3-12,16H2,1-2H3,(H,26,27);3H,2H2,1H3/t21-;/m0./s1. The third-order valence-corrected chi connectivity index (χ3v) is 6.61. The Kier molecular flexibility index (Phi) is 10.8. The van der Waals surface area contributed by atoms with Crippen LogP contribution in [0.25, 0.3) is 11.3 Å². The van der Waals surface area contributed by atoms with Gasteiger partial charge in [0.2, 0.25) is 0 Å². The summed E-state index contributed by atoms with van der Waals surface area (Å²) in [5, 5.41) is 23.6. The molecule has 0 amide bonds. The monoisotopic (exact) mass is 483 g/mol. The first-order valence-electron chi connectivity index (χ1n) is 13.2. The number of fused-ring (bicyclic) bond motifs is 3. The molecule has 1 atom stereocenters. The van der Waals surface area contributed by atoms with E-state index in [0.29, 0.717) is 44.0 Å². The maximum Gasteiger partial charge on any atom is 0.293 e. The summed E-state index contributed by atoms with van der Waals surface area (Å²) in [6.07, 6.45) is 10.2. The largest absolute Gasteiger partial charge is 0.507 e. The van der Waals surface area contributed by atoms with Crippen molar-refractivity contribution in [2.45, 2.75) is 97.1 Å². The second-order valence-electron chi connectivity index (χ2n) is 9.40. The van der Waals surface area contributed by atoms with Gasteiger partial charge in [-0.3, -0.25) is 4.79 Å². The molecule has 2 aromatic rings. The van der Waals surface area contributed by atoms with Crippen LogP contribution in [0.4, 0.5) is 5.82 Å². The van der Waals surface area contributed by atoms with E-state index in [0.717, 1.165) is 53.9 Å². The highest BCUT2D eigenvalue weighted by atomic mass is 16.5. The normalized spacial score (nSPS) is 15.7. The fourth-order valence-electron chi connectivity index (χ4n) is 4.49. The molecular weight excluding hydrogens is 442 g/mol. The molecule has 2 heterocycles. The minimum absolute atomic E-state index is 0.308. The van der Waals surface area contributed by atoms with Gasteiger partial charge in [-0.05, 0) is 80.2 Å². The Hall–Kier alpha value is -2.67. The number of benzene rings is 1. The van der Waals surface area contributed by atoms with Crippen LogP contribution < -0.4 is 5.32 Å². The van der Waals surface area contributed by atoms with Crippen LogP contribution in [-0.4, -0.2) is 41.0 Å². The van der Waals surface area contributed by atoms with E-state index in [1.54, 1.807) is 6.92 Å². The van der Waals surface area contributed by atoms with Gasteiger partial charge in [-0.1, -0.05) is 39.2 Å². The summed E-state index contributed by atoms with van der Waals surface area (Å²) in [6, 6.07) is 6.68. The maximum atomic E-state index is 10.9. The molecule has 0 unspecified atom stereocenters. The van der Waals surface area contributed by atoms with E-state index in [2.05, 4.69) is 46.2 Å². The van der Waals surface area contributed by atoms with Crippen LogP contribution in [0.3, 0.4) is 0 Å². The molecule has 1 aromatic heterocycles. The SMILES string of the molecule is CCCCC[C@H](CC)Nc1cc2c(nn1)-c1c(O)cc(C3CC3)cc1COCCC2.CCOC=O. The number of nitrogens with one attached hydrogen (secondary N) is 1. The van der Waals surface area contributed by atoms with Crippen LogP contribution >= 0.6 is 0 Å². The zero-order valence-electron chi connectivity index (χ0n) is 21.5. The van der Waals surface area contributed by atoms with E-state index < -0.39 is 0 Å². The lowest BCUT2D eigenvalue weighted by molar-refractivity contribution is -0.128. The first kappa shape index (κ1) is 26.9. The van der Waals surface area contributed by atoms with Crippen LogP contribution in [0, 0.1) is 0 Å². The summed E-state index contributed by atoms with van der Waals surface area (Å²) in [4.78, 5) is 9.18. The number of aromatic hydroxyl groups is 1. The molecule has 1 fully saturated rings. The number of carbonyl (C=O) groups excluding carboxylic acids is 1. The Bertz CT molecular complexity index is 946. The summed E-state index contributed by atoms with van der Waals surface area (Å²) in [7, 11) is 0. The number of aryl methyl sites for hydroxylation is 1. The van der Waals surface area contributed by atoms with Gasteiger partial charge in [0.05, 0.1) is 13.2 Å². The molecule has 4 rings (SSSR count). The van der Waals surface area contributed by atoms with E-state index >= 15 is 0 Å². The fourth-order valence-corrected chi connectivity index (χ4v) is 4.49. The van der Waals surface area contributed by atoms with Crippen molar-refractivity contribution in [3.05, 3.63) is 34.9 Å². The van der Waals surface area contributed by atoms with Crippen molar-refractivity contribution in [1.29, 1.82) is 0 Å². The Morgan fingerprint density at radius 1 is 1.17 bits per heavy atom. The number of nitrogens with zero attached hydrogens (tertiary/aromatic N) is 2. The molecule has 1 aliphatic carbocycles. The number of phenolic OH excluding ortho intramolecular Hbond substituents is 1.